The maximum atomic E-state index is 12.1. The molecule has 9 heteroatoms. The average Bonchev–Trinajstić information content (AvgIpc) is 3.00. The zero-order chi connectivity index (χ0) is 19.6. The van der Waals surface area contributed by atoms with Crippen molar-refractivity contribution in [3.63, 3.8) is 0 Å². The quantitative estimate of drug-likeness (QED) is 0.217. The van der Waals surface area contributed by atoms with Crippen molar-refractivity contribution in [2.45, 2.75) is 20.3 Å². The van der Waals surface area contributed by atoms with Crippen LogP contribution in [0.25, 0.3) is 0 Å². The first-order valence-electron chi connectivity index (χ1n) is 8.83. The van der Waals surface area contributed by atoms with Gasteiger partial charge in [0.15, 0.2) is 5.96 Å². The lowest BCUT2D eigenvalue weighted by atomic mass is 10.2. The third-order valence-electron chi connectivity index (χ3n) is 3.96. The highest BCUT2D eigenvalue weighted by molar-refractivity contribution is 14.0. The summed E-state index contributed by atoms with van der Waals surface area (Å²) in [6.07, 6.45) is 0.854. The van der Waals surface area contributed by atoms with E-state index in [4.69, 9.17) is 4.74 Å². The summed E-state index contributed by atoms with van der Waals surface area (Å²) in [4.78, 5) is 22.1. The second kappa shape index (κ2) is 12.6. The Bertz CT molecular complexity index is 775. The SMILES string of the molecule is CN=C(NCCNC(=O)c1cccc(OC)c1)NCCc1nc(C)c(C)s1.I. The first kappa shape index (κ1) is 24.2. The van der Waals surface area contributed by atoms with E-state index >= 15 is 0 Å². The molecule has 2 rings (SSSR count). The lowest BCUT2D eigenvalue weighted by molar-refractivity contribution is 0.0954. The van der Waals surface area contributed by atoms with E-state index in [1.165, 1.54) is 4.88 Å². The summed E-state index contributed by atoms with van der Waals surface area (Å²) in [5, 5.41) is 10.4. The number of carbonyl (C=O) groups excluding carboxylic acids is 1. The zero-order valence-corrected chi connectivity index (χ0v) is 19.8. The molecule has 0 saturated carbocycles. The van der Waals surface area contributed by atoms with E-state index in [-0.39, 0.29) is 29.9 Å². The van der Waals surface area contributed by atoms with Crippen molar-refractivity contribution >= 4 is 47.2 Å². The minimum Gasteiger partial charge on any atom is -0.497 e. The van der Waals surface area contributed by atoms with Crippen molar-refractivity contribution in [1.82, 2.24) is 20.9 Å². The molecule has 0 bridgehead atoms. The number of carbonyl (C=O) groups is 1. The molecular weight excluding hydrogens is 489 g/mol. The van der Waals surface area contributed by atoms with E-state index in [1.807, 2.05) is 13.0 Å². The summed E-state index contributed by atoms with van der Waals surface area (Å²) in [5.74, 6) is 1.24. The Labute approximate surface area is 187 Å². The molecule has 0 aliphatic heterocycles. The van der Waals surface area contributed by atoms with E-state index in [1.54, 1.807) is 43.7 Å². The number of aromatic nitrogens is 1. The van der Waals surface area contributed by atoms with Gasteiger partial charge in [0.1, 0.15) is 5.75 Å². The fourth-order valence-corrected chi connectivity index (χ4v) is 3.31. The van der Waals surface area contributed by atoms with Crippen LogP contribution in [-0.2, 0) is 6.42 Å². The highest BCUT2D eigenvalue weighted by Gasteiger charge is 2.06. The van der Waals surface area contributed by atoms with Crippen molar-refractivity contribution in [1.29, 1.82) is 0 Å². The second-order valence-corrected chi connectivity index (χ2v) is 7.20. The third kappa shape index (κ3) is 7.63. The van der Waals surface area contributed by atoms with Gasteiger partial charge in [-0.15, -0.1) is 35.3 Å². The van der Waals surface area contributed by atoms with Gasteiger partial charge >= 0.3 is 0 Å². The molecule has 3 N–H and O–H groups in total. The van der Waals surface area contributed by atoms with Gasteiger partial charge in [-0.25, -0.2) is 4.98 Å². The minimum absolute atomic E-state index is 0. The molecule has 7 nitrogen and oxygen atoms in total. The van der Waals surface area contributed by atoms with Gasteiger partial charge in [0.25, 0.3) is 5.91 Å². The number of hydrogen-bond donors (Lipinski definition) is 3. The molecule has 28 heavy (non-hydrogen) atoms. The fraction of sp³-hybridized carbons (Fsp3) is 0.421. The summed E-state index contributed by atoms with van der Waals surface area (Å²) in [5.41, 5.74) is 1.68. The molecule has 0 radical (unpaired) electrons. The molecule has 0 fully saturated rings. The number of nitrogens with zero attached hydrogens (tertiary/aromatic N) is 2. The lowest BCUT2D eigenvalue weighted by Crippen LogP contribution is -2.42. The average molecular weight is 517 g/mol. The Morgan fingerprint density at radius 1 is 1.18 bits per heavy atom. The molecule has 2 aromatic rings. The van der Waals surface area contributed by atoms with Gasteiger partial charge in [-0.1, -0.05) is 6.07 Å². The normalized spacial score (nSPS) is 10.8. The van der Waals surface area contributed by atoms with E-state index in [0.717, 1.165) is 23.7 Å². The molecule has 0 spiro atoms. The van der Waals surface area contributed by atoms with Crippen molar-refractivity contribution in [3.8, 4) is 5.75 Å². The molecule has 0 saturated heterocycles. The molecular formula is C19H28IN5O2S. The Balaban J connectivity index is 0.00000392. The molecule has 0 unspecified atom stereocenters. The fourth-order valence-electron chi connectivity index (χ4n) is 2.38. The predicted molar refractivity (Wildman–Crippen MR) is 125 cm³/mol. The van der Waals surface area contributed by atoms with Crippen molar-refractivity contribution in [2.24, 2.45) is 4.99 Å². The number of nitrogens with one attached hydrogen (secondary N) is 3. The van der Waals surface area contributed by atoms with Gasteiger partial charge in [-0.05, 0) is 32.0 Å². The number of halogens is 1. The number of guanidine groups is 1. The number of aryl methyl sites for hydroxylation is 2. The molecule has 1 aromatic heterocycles. The van der Waals surface area contributed by atoms with Crippen LogP contribution in [0.3, 0.4) is 0 Å². The van der Waals surface area contributed by atoms with Crippen molar-refractivity contribution in [3.05, 3.63) is 45.4 Å². The molecule has 0 aliphatic rings. The Hall–Kier alpha value is -1.88. The monoisotopic (exact) mass is 517 g/mol. The Morgan fingerprint density at radius 2 is 1.89 bits per heavy atom. The molecule has 1 heterocycles. The van der Waals surface area contributed by atoms with Gasteiger partial charge in [0, 0.05) is 43.5 Å². The van der Waals surface area contributed by atoms with Crippen LogP contribution < -0.4 is 20.7 Å². The van der Waals surface area contributed by atoms with Crippen LogP contribution in [0.15, 0.2) is 29.3 Å². The number of hydrogen-bond acceptors (Lipinski definition) is 5. The maximum absolute atomic E-state index is 12.1. The van der Waals surface area contributed by atoms with E-state index in [9.17, 15) is 4.79 Å². The number of benzene rings is 1. The number of aliphatic imine (C=N–C) groups is 1. The predicted octanol–water partition coefficient (Wildman–Crippen LogP) is 2.52. The standard InChI is InChI=1S/C19H27N5O2S.HI/c1-13-14(2)27-17(24-13)8-9-22-19(20-3)23-11-10-21-18(25)15-6-5-7-16(12-15)26-4;/h5-7,12H,8-11H2,1-4H3,(H,21,25)(H2,20,22,23);1H. The molecule has 1 amide bonds. The number of thiazole rings is 1. The second-order valence-electron chi connectivity index (χ2n) is 5.91. The van der Waals surface area contributed by atoms with Crippen LogP contribution in [0.4, 0.5) is 0 Å². The molecule has 1 aromatic carbocycles. The number of amides is 1. The summed E-state index contributed by atoms with van der Waals surface area (Å²) in [6, 6.07) is 7.07. The van der Waals surface area contributed by atoms with Gasteiger partial charge in [0.05, 0.1) is 17.8 Å². The topological polar surface area (TPSA) is 87.6 Å². The van der Waals surface area contributed by atoms with Crippen LogP contribution in [0.1, 0.15) is 25.9 Å². The lowest BCUT2D eigenvalue weighted by Gasteiger charge is -2.12. The summed E-state index contributed by atoms with van der Waals surface area (Å²) in [6.45, 7) is 5.93. The van der Waals surface area contributed by atoms with Crippen LogP contribution in [0, 0.1) is 13.8 Å². The van der Waals surface area contributed by atoms with Crippen LogP contribution in [-0.4, -0.2) is 50.6 Å². The maximum Gasteiger partial charge on any atom is 0.251 e. The molecule has 154 valence electrons. The summed E-state index contributed by atoms with van der Waals surface area (Å²) >= 11 is 1.73. The van der Waals surface area contributed by atoms with E-state index in [2.05, 4.69) is 32.9 Å². The van der Waals surface area contributed by atoms with Crippen molar-refractivity contribution in [2.75, 3.05) is 33.8 Å². The van der Waals surface area contributed by atoms with E-state index < -0.39 is 0 Å². The highest BCUT2D eigenvalue weighted by Crippen LogP contribution is 2.16. The largest absolute Gasteiger partial charge is 0.497 e. The minimum atomic E-state index is -0.131. The van der Waals surface area contributed by atoms with E-state index in [0.29, 0.717) is 30.4 Å². The number of methoxy groups -OCH3 is 1. The third-order valence-corrected chi connectivity index (χ3v) is 5.10. The van der Waals surface area contributed by atoms with Crippen LogP contribution in [0.5, 0.6) is 5.75 Å². The van der Waals surface area contributed by atoms with Gasteiger partial charge < -0.3 is 20.7 Å². The first-order chi connectivity index (χ1) is 13.0. The Morgan fingerprint density at radius 3 is 2.54 bits per heavy atom. The Kier molecular flexibility index (Phi) is 10.8. The highest BCUT2D eigenvalue weighted by atomic mass is 127. The van der Waals surface area contributed by atoms with Crippen LogP contribution in [0.2, 0.25) is 0 Å². The van der Waals surface area contributed by atoms with Gasteiger partial charge in [0.2, 0.25) is 0 Å². The summed E-state index contributed by atoms with van der Waals surface area (Å²) in [7, 11) is 3.30. The summed E-state index contributed by atoms with van der Waals surface area (Å²) < 4.78 is 5.13. The smallest absolute Gasteiger partial charge is 0.251 e. The number of rotatable bonds is 8. The van der Waals surface area contributed by atoms with Crippen LogP contribution >= 0.6 is 35.3 Å². The molecule has 0 aliphatic carbocycles. The van der Waals surface area contributed by atoms with Gasteiger partial charge in [-0.3, -0.25) is 9.79 Å². The number of ether oxygens (including phenoxy) is 1. The first-order valence-corrected chi connectivity index (χ1v) is 9.64. The van der Waals surface area contributed by atoms with Crippen molar-refractivity contribution < 1.29 is 9.53 Å². The molecule has 0 atom stereocenters. The van der Waals surface area contributed by atoms with Gasteiger partial charge in [-0.2, -0.15) is 0 Å². The zero-order valence-electron chi connectivity index (χ0n) is 16.7.